The predicted molar refractivity (Wildman–Crippen MR) is 167 cm³/mol. The van der Waals surface area contributed by atoms with Gasteiger partial charge in [0.1, 0.15) is 11.6 Å². The molecule has 0 aliphatic heterocycles. The van der Waals surface area contributed by atoms with E-state index in [9.17, 15) is 4.79 Å². The van der Waals surface area contributed by atoms with Crippen molar-refractivity contribution in [3.63, 3.8) is 0 Å². The van der Waals surface area contributed by atoms with Crippen molar-refractivity contribution in [2.45, 2.75) is 58.9 Å². The summed E-state index contributed by atoms with van der Waals surface area (Å²) < 4.78 is 9.66. The summed E-state index contributed by atoms with van der Waals surface area (Å²) in [6, 6.07) is 19.9. The van der Waals surface area contributed by atoms with Gasteiger partial charge in [-0.3, -0.25) is 4.40 Å². The number of carboxylic acid groups (broad SMARTS) is 1. The van der Waals surface area contributed by atoms with E-state index in [0.717, 1.165) is 74.6 Å². The summed E-state index contributed by atoms with van der Waals surface area (Å²) in [6.45, 7) is 5.02. The number of para-hydroxylation sites is 1. The Hall–Kier alpha value is -4.43. The van der Waals surface area contributed by atoms with Gasteiger partial charge in [-0.05, 0) is 73.9 Å². The lowest BCUT2D eigenvalue weighted by molar-refractivity contribution is 0.144. The van der Waals surface area contributed by atoms with Gasteiger partial charge in [0.15, 0.2) is 4.96 Å². The first-order chi connectivity index (χ1) is 20.5. The van der Waals surface area contributed by atoms with Crippen molar-refractivity contribution in [1.29, 1.82) is 0 Å². The summed E-state index contributed by atoms with van der Waals surface area (Å²) in [6.07, 6.45) is 7.64. The number of rotatable bonds is 7. The quantitative estimate of drug-likeness (QED) is 0.153. The molecular formula is C34H32N4O3S. The van der Waals surface area contributed by atoms with Gasteiger partial charge in [0, 0.05) is 40.9 Å². The second-order valence-corrected chi connectivity index (χ2v) is 12.1. The average molecular weight is 577 g/mol. The topological polar surface area (TPSA) is 81.7 Å². The number of hydrogen-bond donors (Lipinski definition) is 1. The van der Waals surface area contributed by atoms with Crippen molar-refractivity contribution < 1.29 is 14.6 Å². The molecule has 0 spiro atoms. The number of aromatic nitrogens is 4. The van der Waals surface area contributed by atoms with Crippen LogP contribution in [0.1, 0.15) is 53.7 Å². The van der Waals surface area contributed by atoms with Crippen molar-refractivity contribution in [3.8, 4) is 28.1 Å². The molecular weight excluding hydrogens is 544 g/mol. The van der Waals surface area contributed by atoms with Crippen LogP contribution in [-0.4, -0.2) is 30.2 Å². The highest BCUT2D eigenvalue weighted by molar-refractivity contribution is 7.17. The smallest absolute Gasteiger partial charge is 0.449 e. The van der Waals surface area contributed by atoms with Crippen LogP contribution in [0, 0.1) is 6.92 Å². The molecule has 7 nitrogen and oxygen atoms in total. The van der Waals surface area contributed by atoms with Crippen molar-refractivity contribution in [3.05, 3.63) is 94.4 Å². The van der Waals surface area contributed by atoms with Crippen molar-refractivity contribution in [2.24, 2.45) is 0 Å². The lowest BCUT2D eigenvalue weighted by Gasteiger charge is -2.12. The molecule has 3 aromatic heterocycles. The van der Waals surface area contributed by atoms with E-state index in [4.69, 9.17) is 19.8 Å². The van der Waals surface area contributed by atoms with Gasteiger partial charge in [-0.1, -0.05) is 49.4 Å². The minimum atomic E-state index is -1.32. The van der Waals surface area contributed by atoms with E-state index in [0.29, 0.717) is 12.3 Å². The second kappa shape index (κ2) is 10.8. The molecule has 1 aliphatic rings. The van der Waals surface area contributed by atoms with Gasteiger partial charge in [-0.2, -0.15) is 0 Å². The largest absolute Gasteiger partial charge is 0.511 e. The zero-order valence-electron chi connectivity index (χ0n) is 23.8. The summed E-state index contributed by atoms with van der Waals surface area (Å²) in [5.41, 5.74) is 9.67. The third kappa shape index (κ3) is 4.75. The van der Waals surface area contributed by atoms with Crippen molar-refractivity contribution in [1.82, 2.24) is 18.9 Å². The van der Waals surface area contributed by atoms with E-state index in [1.54, 1.807) is 12.1 Å². The molecule has 0 amide bonds. The molecule has 42 heavy (non-hydrogen) atoms. The number of benzene rings is 3. The van der Waals surface area contributed by atoms with E-state index in [2.05, 4.69) is 53.3 Å². The normalized spacial score (nSPS) is 13.1. The number of thiazole rings is 1. The molecule has 0 unspecified atom stereocenters. The summed E-state index contributed by atoms with van der Waals surface area (Å²) in [7, 11) is 0. The third-order valence-electron chi connectivity index (χ3n) is 8.15. The third-order valence-corrected chi connectivity index (χ3v) is 9.31. The zero-order chi connectivity index (χ0) is 28.8. The Labute approximate surface area is 248 Å². The van der Waals surface area contributed by atoms with Gasteiger partial charge >= 0.3 is 6.16 Å². The maximum absolute atomic E-state index is 11.2. The summed E-state index contributed by atoms with van der Waals surface area (Å²) in [5, 5.41) is 9.13. The standard InChI is InChI=1S/C34H32N4O3S/c1-3-8-31-36-32-21(2)17-24(26-20-38-27-10-5-7-12-30(27)42-33(38)35-26)18-28(32)37(31)19-22-13-15-23(16-14-22)25-9-4-6-11-29(25)41-34(39)40/h4,6,9,11,13-18,20H,3,5,7-8,10,12,19H2,1-2H3,(H,39,40). The van der Waals surface area contributed by atoms with Crippen LogP contribution in [0.2, 0.25) is 0 Å². The van der Waals surface area contributed by atoms with E-state index >= 15 is 0 Å². The molecule has 1 N–H and O–H groups in total. The molecule has 3 aromatic carbocycles. The fraction of sp³-hybridized carbons (Fsp3) is 0.265. The first-order valence-corrected chi connectivity index (χ1v) is 15.4. The minimum absolute atomic E-state index is 0.325. The second-order valence-electron chi connectivity index (χ2n) is 11.0. The number of carbonyl (C=O) groups is 1. The van der Waals surface area contributed by atoms with E-state index < -0.39 is 6.16 Å². The molecule has 0 bridgehead atoms. The van der Waals surface area contributed by atoms with Gasteiger partial charge < -0.3 is 14.4 Å². The van der Waals surface area contributed by atoms with E-state index in [-0.39, 0.29) is 0 Å². The maximum Gasteiger partial charge on any atom is 0.511 e. The van der Waals surface area contributed by atoms with Gasteiger partial charge in [0.05, 0.1) is 16.7 Å². The number of ether oxygens (including phenoxy) is 1. The molecule has 7 rings (SSSR count). The molecule has 212 valence electrons. The molecule has 0 atom stereocenters. The minimum Gasteiger partial charge on any atom is -0.449 e. The fourth-order valence-corrected chi connectivity index (χ4v) is 7.33. The number of aryl methyl sites for hydroxylation is 4. The molecule has 0 saturated carbocycles. The summed E-state index contributed by atoms with van der Waals surface area (Å²) >= 11 is 1.84. The first-order valence-electron chi connectivity index (χ1n) is 14.6. The van der Waals surface area contributed by atoms with E-state index in [1.807, 2.05) is 35.6 Å². The molecule has 0 saturated heterocycles. The van der Waals surface area contributed by atoms with Crippen LogP contribution >= 0.6 is 11.3 Å². The van der Waals surface area contributed by atoms with Crippen LogP contribution in [0.5, 0.6) is 5.75 Å². The zero-order valence-corrected chi connectivity index (χ0v) is 24.6. The summed E-state index contributed by atoms with van der Waals surface area (Å²) in [4.78, 5) is 23.9. The predicted octanol–water partition coefficient (Wildman–Crippen LogP) is 8.32. The van der Waals surface area contributed by atoms with E-state index in [1.165, 1.54) is 29.8 Å². The Morgan fingerprint density at radius 3 is 2.64 bits per heavy atom. The Bertz CT molecular complexity index is 1950. The van der Waals surface area contributed by atoms with Crippen molar-refractivity contribution in [2.75, 3.05) is 0 Å². The number of imidazole rings is 2. The number of hydrogen-bond acceptors (Lipinski definition) is 5. The SMILES string of the molecule is CCCc1nc2c(C)cc(-c3cn4c5c(sc4n3)CCCC5)cc2n1Cc1ccc(-c2ccccc2OC(=O)O)cc1. The highest BCUT2D eigenvalue weighted by atomic mass is 32.1. The Kier molecular flexibility index (Phi) is 6.78. The lowest BCUT2D eigenvalue weighted by Crippen LogP contribution is -2.05. The van der Waals surface area contributed by atoms with Crippen LogP contribution in [0.4, 0.5) is 4.79 Å². The summed E-state index contributed by atoms with van der Waals surface area (Å²) in [5.74, 6) is 1.41. The Morgan fingerprint density at radius 2 is 1.83 bits per heavy atom. The highest BCUT2D eigenvalue weighted by Gasteiger charge is 2.20. The number of nitrogens with zero attached hydrogens (tertiary/aromatic N) is 4. The van der Waals surface area contributed by atoms with Crippen LogP contribution in [-0.2, 0) is 25.8 Å². The van der Waals surface area contributed by atoms with Gasteiger partial charge in [0.25, 0.3) is 0 Å². The lowest BCUT2D eigenvalue weighted by atomic mass is 10.0. The fourth-order valence-electron chi connectivity index (χ4n) is 6.14. The van der Waals surface area contributed by atoms with Crippen LogP contribution in [0.15, 0.2) is 66.9 Å². The van der Waals surface area contributed by atoms with Gasteiger partial charge in [0.2, 0.25) is 0 Å². The Balaban J connectivity index is 1.25. The molecule has 8 heteroatoms. The molecule has 0 radical (unpaired) electrons. The van der Waals surface area contributed by atoms with Crippen LogP contribution in [0.25, 0.3) is 38.4 Å². The molecule has 1 aliphatic carbocycles. The van der Waals surface area contributed by atoms with Crippen LogP contribution in [0.3, 0.4) is 0 Å². The maximum atomic E-state index is 11.2. The Morgan fingerprint density at radius 1 is 1.02 bits per heavy atom. The van der Waals surface area contributed by atoms with Crippen molar-refractivity contribution >= 4 is 33.5 Å². The monoisotopic (exact) mass is 576 g/mol. The highest BCUT2D eigenvalue weighted by Crippen LogP contribution is 2.35. The molecule has 3 heterocycles. The van der Waals surface area contributed by atoms with Gasteiger partial charge in [-0.25, -0.2) is 14.8 Å². The van der Waals surface area contributed by atoms with Crippen LogP contribution < -0.4 is 4.74 Å². The number of fused-ring (bicyclic) bond motifs is 4. The van der Waals surface area contributed by atoms with Gasteiger partial charge in [-0.15, -0.1) is 11.3 Å². The molecule has 6 aromatic rings. The first kappa shape index (κ1) is 26.5. The average Bonchev–Trinajstić information content (AvgIpc) is 3.66. The molecule has 0 fully saturated rings.